The number of primary amides is 1. The van der Waals surface area contributed by atoms with Crippen LogP contribution in [-0.4, -0.2) is 28.2 Å². The summed E-state index contributed by atoms with van der Waals surface area (Å²) in [5.41, 5.74) is 6.97. The highest BCUT2D eigenvalue weighted by Crippen LogP contribution is 2.33. The summed E-state index contributed by atoms with van der Waals surface area (Å²) in [6.45, 7) is 0.486. The van der Waals surface area contributed by atoms with Crippen molar-refractivity contribution in [2.24, 2.45) is 5.73 Å². The molecule has 0 bridgehead atoms. The molecule has 3 rings (SSSR count). The van der Waals surface area contributed by atoms with Crippen molar-refractivity contribution in [1.82, 2.24) is 9.88 Å². The Morgan fingerprint density at radius 2 is 2.00 bits per heavy atom. The number of rotatable bonds is 4. The van der Waals surface area contributed by atoms with Crippen LogP contribution in [0, 0.1) is 0 Å². The Labute approximate surface area is 145 Å². The van der Waals surface area contributed by atoms with E-state index in [0.29, 0.717) is 17.3 Å². The lowest BCUT2D eigenvalue weighted by molar-refractivity contribution is -0.143. The number of likely N-dealkylation sites (tertiary alicyclic amines) is 1. The first kappa shape index (κ1) is 16.5. The molecule has 124 valence electrons. The Bertz CT molecular complexity index is 734. The fourth-order valence-corrected chi connectivity index (χ4v) is 3.27. The predicted molar refractivity (Wildman–Crippen MR) is 91.3 cm³/mol. The predicted octanol–water partition coefficient (Wildman–Crippen LogP) is 2.67. The maximum Gasteiger partial charge on any atom is 0.246 e. The monoisotopic (exact) mass is 343 g/mol. The number of pyridine rings is 1. The van der Waals surface area contributed by atoms with E-state index in [4.69, 9.17) is 17.3 Å². The molecule has 6 heteroatoms. The summed E-state index contributed by atoms with van der Waals surface area (Å²) < 4.78 is 0. The minimum absolute atomic E-state index is 0.0898. The average Bonchev–Trinajstić information content (AvgIpc) is 2.59. The standard InChI is InChI=1S/C18H18ClN3O2/c19-13-8-9-15(21-11-13)16(17(20)23)22-10-4-7-14(18(22)24)12-5-2-1-3-6-12/h1-3,5-6,8-9,11,14,16H,4,7,10H2,(H2,20,23). The van der Waals surface area contributed by atoms with Crippen molar-refractivity contribution in [3.05, 3.63) is 64.9 Å². The molecule has 2 amide bonds. The molecule has 1 aliphatic rings. The average molecular weight is 344 g/mol. The highest BCUT2D eigenvalue weighted by Gasteiger charge is 2.37. The maximum absolute atomic E-state index is 13.0. The summed E-state index contributed by atoms with van der Waals surface area (Å²) in [5.74, 6) is -0.936. The number of halogens is 1. The number of nitrogens with zero attached hydrogens (tertiary/aromatic N) is 2. The van der Waals surface area contributed by atoms with Crippen LogP contribution in [0.25, 0.3) is 0 Å². The van der Waals surface area contributed by atoms with E-state index in [1.165, 1.54) is 6.20 Å². The molecule has 1 aromatic heterocycles. The molecule has 0 spiro atoms. The van der Waals surface area contributed by atoms with Gasteiger partial charge in [0.1, 0.15) is 0 Å². The Balaban J connectivity index is 1.91. The molecule has 1 aliphatic heterocycles. The molecule has 2 N–H and O–H groups in total. The van der Waals surface area contributed by atoms with Crippen LogP contribution < -0.4 is 5.73 Å². The molecule has 1 aromatic carbocycles. The van der Waals surface area contributed by atoms with Crippen molar-refractivity contribution < 1.29 is 9.59 Å². The van der Waals surface area contributed by atoms with Gasteiger partial charge in [0.05, 0.1) is 16.6 Å². The number of piperidine rings is 1. The highest BCUT2D eigenvalue weighted by atomic mass is 35.5. The van der Waals surface area contributed by atoms with E-state index >= 15 is 0 Å². The second-order valence-electron chi connectivity index (χ2n) is 5.84. The van der Waals surface area contributed by atoms with Crippen LogP contribution >= 0.6 is 11.6 Å². The van der Waals surface area contributed by atoms with E-state index in [0.717, 1.165) is 18.4 Å². The Hall–Kier alpha value is -2.40. The molecule has 2 unspecified atom stereocenters. The number of aromatic nitrogens is 1. The zero-order chi connectivity index (χ0) is 17.1. The molecule has 1 fully saturated rings. The van der Waals surface area contributed by atoms with Crippen molar-refractivity contribution in [3.63, 3.8) is 0 Å². The number of nitrogens with two attached hydrogens (primary N) is 1. The Kier molecular flexibility index (Phi) is 4.81. The molecular weight excluding hydrogens is 326 g/mol. The quantitative estimate of drug-likeness (QED) is 0.927. The van der Waals surface area contributed by atoms with E-state index in [2.05, 4.69) is 4.98 Å². The van der Waals surface area contributed by atoms with Crippen LogP contribution in [0.1, 0.15) is 36.1 Å². The lowest BCUT2D eigenvalue weighted by Crippen LogP contribution is -2.47. The summed E-state index contributed by atoms with van der Waals surface area (Å²) >= 11 is 5.85. The summed E-state index contributed by atoms with van der Waals surface area (Å²) in [6.07, 6.45) is 3.03. The van der Waals surface area contributed by atoms with Gasteiger partial charge in [0, 0.05) is 12.7 Å². The smallest absolute Gasteiger partial charge is 0.246 e. The third-order valence-corrected chi connectivity index (χ3v) is 4.51. The van der Waals surface area contributed by atoms with Gasteiger partial charge in [-0.1, -0.05) is 41.9 Å². The van der Waals surface area contributed by atoms with Gasteiger partial charge < -0.3 is 10.6 Å². The van der Waals surface area contributed by atoms with E-state index in [1.807, 2.05) is 30.3 Å². The molecule has 0 saturated carbocycles. The largest absolute Gasteiger partial charge is 0.368 e. The van der Waals surface area contributed by atoms with Crippen molar-refractivity contribution >= 4 is 23.4 Å². The van der Waals surface area contributed by atoms with Crippen LogP contribution in [0.4, 0.5) is 0 Å². The Morgan fingerprint density at radius 3 is 2.62 bits per heavy atom. The van der Waals surface area contributed by atoms with Crippen molar-refractivity contribution in [2.75, 3.05) is 6.54 Å². The molecule has 2 aromatic rings. The zero-order valence-corrected chi connectivity index (χ0v) is 13.8. The minimum Gasteiger partial charge on any atom is -0.368 e. The van der Waals surface area contributed by atoms with Gasteiger partial charge in [-0.15, -0.1) is 0 Å². The second-order valence-corrected chi connectivity index (χ2v) is 6.28. The fourth-order valence-electron chi connectivity index (χ4n) is 3.16. The number of carbonyl (C=O) groups is 2. The molecule has 0 aliphatic carbocycles. The van der Waals surface area contributed by atoms with Gasteiger partial charge in [0.2, 0.25) is 11.8 Å². The van der Waals surface area contributed by atoms with Gasteiger partial charge in [-0.05, 0) is 30.5 Å². The normalized spacial score (nSPS) is 19.1. The van der Waals surface area contributed by atoms with Crippen molar-refractivity contribution in [3.8, 4) is 0 Å². The number of carbonyl (C=O) groups excluding carboxylic acids is 2. The van der Waals surface area contributed by atoms with E-state index in [-0.39, 0.29) is 11.8 Å². The fraction of sp³-hybridized carbons (Fsp3) is 0.278. The maximum atomic E-state index is 13.0. The first-order valence-electron chi connectivity index (χ1n) is 7.84. The second kappa shape index (κ2) is 7.01. The van der Waals surface area contributed by atoms with Crippen LogP contribution in [0.15, 0.2) is 48.7 Å². The highest BCUT2D eigenvalue weighted by molar-refractivity contribution is 6.30. The third-order valence-electron chi connectivity index (χ3n) is 4.29. The first-order valence-corrected chi connectivity index (χ1v) is 8.22. The van der Waals surface area contributed by atoms with Gasteiger partial charge in [-0.25, -0.2) is 0 Å². The SMILES string of the molecule is NC(=O)C(c1ccc(Cl)cn1)N1CCCC(c2ccccc2)C1=O. The summed E-state index contributed by atoms with van der Waals surface area (Å²) in [6, 6.07) is 12.0. The summed E-state index contributed by atoms with van der Waals surface area (Å²) in [4.78, 5) is 30.7. The van der Waals surface area contributed by atoms with E-state index in [9.17, 15) is 9.59 Å². The van der Waals surface area contributed by atoms with Gasteiger partial charge >= 0.3 is 0 Å². The van der Waals surface area contributed by atoms with Gasteiger partial charge in [-0.3, -0.25) is 14.6 Å². The minimum atomic E-state index is -0.874. The van der Waals surface area contributed by atoms with Crippen LogP contribution in [0.5, 0.6) is 0 Å². The van der Waals surface area contributed by atoms with Crippen LogP contribution in [0.2, 0.25) is 5.02 Å². The van der Waals surface area contributed by atoms with Gasteiger partial charge in [-0.2, -0.15) is 0 Å². The van der Waals surface area contributed by atoms with E-state index in [1.54, 1.807) is 17.0 Å². The number of amides is 2. The summed E-state index contributed by atoms with van der Waals surface area (Å²) in [5, 5.41) is 0.467. The topological polar surface area (TPSA) is 76.3 Å². The molecule has 0 radical (unpaired) electrons. The number of hydrogen-bond acceptors (Lipinski definition) is 3. The lowest BCUT2D eigenvalue weighted by atomic mass is 9.88. The molecule has 2 atom stereocenters. The lowest BCUT2D eigenvalue weighted by Gasteiger charge is -2.36. The van der Waals surface area contributed by atoms with Crippen LogP contribution in [-0.2, 0) is 9.59 Å². The molecule has 5 nitrogen and oxygen atoms in total. The van der Waals surface area contributed by atoms with Crippen LogP contribution in [0.3, 0.4) is 0 Å². The number of benzene rings is 1. The van der Waals surface area contributed by atoms with Crippen molar-refractivity contribution in [1.29, 1.82) is 0 Å². The molecule has 2 heterocycles. The zero-order valence-electron chi connectivity index (χ0n) is 13.1. The Morgan fingerprint density at radius 1 is 1.25 bits per heavy atom. The molecular formula is C18H18ClN3O2. The molecule has 24 heavy (non-hydrogen) atoms. The van der Waals surface area contributed by atoms with E-state index < -0.39 is 11.9 Å². The van der Waals surface area contributed by atoms with Crippen molar-refractivity contribution in [2.45, 2.75) is 24.8 Å². The third kappa shape index (κ3) is 3.26. The van der Waals surface area contributed by atoms with Gasteiger partial charge in [0.15, 0.2) is 6.04 Å². The number of hydrogen-bond donors (Lipinski definition) is 1. The first-order chi connectivity index (χ1) is 11.6. The van der Waals surface area contributed by atoms with Gasteiger partial charge in [0.25, 0.3) is 0 Å². The molecule has 1 saturated heterocycles. The summed E-state index contributed by atoms with van der Waals surface area (Å²) in [7, 11) is 0.